The zero-order chi connectivity index (χ0) is 13.4. The second kappa shape index (κ2) is 6.36. The van der Waals surface area contributed by atoms with Crippen LogP contribution in [-0.4, -0.2) is 0 Å². The molecule has 2 aromatic rings. The van der Waals surface area contributed by atoms with Gasteiger partial charge in [-0.05, 0) is 41.7 Å². The molecule has 2 N–H and O–H groups in total. The van der Waals surface area contributed by atoms with Gasteiger partial charge in [-0.2, -0.15) is 0 Å². The molecular formula is C16H16Cl3N. The van der Waals surface area contributed by atoms with Crippen LogP contribution < -0.4 is 5.73 Å². The van der Waals surface area contributed by atoms with Crippen molar-refractivity contribution in [2.24, 2.45) is 5.73 Å². The van der Waals surface area contributed by atoms with E-state index in [1.807, 2.05) is 12.1 Å². The predicted octanol–water partition coefficient (Wildman–Crippen LogP) is 5.34. The van der Waals surface area contributed by atoms with E-state index in [1.54, 1.807) is 0 Å². The Kier molecular flexibility index (Phi) is 4.98. The molecule has 1 nitrogen and oxygen atoms in total. The van der Waals surface area contributed by atoms with Gasteiger partial charge in [0.25, 0.3) is 0 Å². The van der Waals surface area contributed by atoms with Crippen LogP contribution in [-0.2, 0) is 0 Å². The van der Waals surface area contributed by atoms with E-state index in [2.05, 4.69) is 30.3 Å². The molecule has 0 saturated carbocycles. The van der Waals surface area contributed by atoms with Gasteiger partial charge in [-0.25, -0.2) is 0 Å². The van der Waals surface area contributed by atoms with Gasteiger partial charge in [-0.15, -0.1) is 12.4 Å². The summed E-state index contributed by atoms with van der Waals surface area (Å²) in [6.07, 6.45) is 2.05. The number of hydrogen-bond acceptors (Lipinski definition) is 1. The third-order valence-corrected chi connectivity index (χ3v) is 4.62. The first-order chi connectivity index (χ1) is 9.16. The van der Waals surface area contributed by atoms with Crippen LogP contribution in [0.1, 0.15) is 41.5 Å². The molecule has 0 aromatic heterocycles. The Hall–Kier alpha value is -0.730. The molecule has 2 aromatic carbocycles. The van der Waals surface area contributed by atoms with Crippen molar-refractivity contribution in [1.82, 2.24) is 0 Å². The molecule has 1 aliphatic rings. The van der Waals surface area contributed by atoms with Gasteiger partial charge in [-0.3, -0.25) is 0 Å². The smallest absolute Gasteiger partial charge is 0.0595 e. The molecule has 0 unspecified atom stereocenters. The Morgan fingerprint density at radius 1 is 0.900 bits per heavy atom. The molecule has 0 amide bonds. The molecule has 20 heavy (non-hydrogen) atoms. The van der Waals surface area contributed by atoms with Gasteiger partial charge in [0.1, 0.15) is 0 Å². The second-order valence-electron chi connectivity index (χ2n) is 5.04. The lowest BCUT2D eigenvalue weighted by molar-refractivity contribution is 0.530. The number of halogens is 3. The quantitative estimate of drug-likeness (QED) is 0.748. The maximum atomic E-state index is 6.19. The van der Waals surface area contributed by atoms with Crippen molar-refractivity contribution in [3.63, 3.8) is 0 Å². The molecule has 3 rings (SSSR count). The molecule has 0 fully saturated rings. The third kappa shape index (κ3) is 2.82. The van der Waals surface area contributed by atoms with Crippen molar-refractivity contribution < 1.29 is 0 Å². The fourth-order valence-electron chi connectivity index (χ4n) is 2.90. The first kappa shape index (κ1) is 15.7. The van der Waals surface area contributed by atoms with Crippen LogP contribution in [0.5, 0.6) is 0 Å². The van der Waals surface area contributed by atoms with E-state index in [9.17, 15) is 0 Å². The van der Waals surface area contributed by atoms with E-state index in [0.29, 0.717) is 16.0 Å². The van der Waals surface area contributed by atoms with Crippen LogP contribution in [0.3, 0.4) is 0 Å². The molecule has 0 spiro atoms. The molecule has 0 heterocycles. The minimum Gasteiger partial charge on any atom is -0.324 e. The van der Waals surface area contributed by atoms with Crippen molar-refractivity contribution in [3.8, 4) is 0 Å². The van der Waals surface area contributed by atoms with E-state index in [1.165, 1.54) is 16.7 Å². The van der Waals surface area contributed by atoms with E-state index < -0.39 is 0 Å². The zero-order valence-electron chi connectivity index (χ0n) is 10.9. The molecule has 4 heteroatoms. The summed E-state index contributed by atoms with van der Waals surface area (Å²) in [4.78, 5) is 0. The topological polar surface area (TPSA) is 26.0 Å². The Morgan fingerprint density at radius 2 is 1.60 bits per heavy atom. The first-order valence-electron chi connectivity index (χ1n) is 6.46. The fraction of sp³-hybridized carbons (Fsp3) is 0.250. The lowest BCUT2D eigenvalue weighted by Gasteiger charge is -2.30. The average Bonchev–Trinajstić information content (AvgIpc) is 2.43. The summed E-state index contributed by atoms with van der Waals surface area (Å²) in [6.45, 7) is 0. The number of rotatable bonds is 1. The Labute approximate surface area is 135 Å². The van der Waals surface area contributed by atoms with Gasteiger partial charge in [0.05, 0.1) is 10.0 Å². The normalized spacial score (nSPS) is 20.9. The van der Waals surface area contributed by atoms with E-state index in [4.69, 9.17) is 28.9 Å². The predicted molar refractivity (Wildman–Crippen MR) is 88.2 cm³/mol. The summed E-state index contributed by atoms with van der Waals surface area (Å²) in [6, 6.07) is 14.5. The van der Waals surface area contributed by atoms with Crippen molar-refractivity contribution in [1.29, 1.82) is 0 Å². The summed E-state index contributed by atoms with van der Waals surface area (Å²) < 4.78 is 0. The van der Waals surface area contributed by atoms with Crippen LogP contribution in [0.25, 0.3) is 0 Å². The lowest BCUT2D eigenvalue weighted by Crippen LogP contribution is -2.20. The van der Waals surface area contributed by atoms with Crippen LogP contribution in [0.15, 0.2) is 42.5 Å². The monoisotopic (exact) mass is 333 g/mol. The largest absolute Gasteiger partial charge is 0.324 e. The standard InChI is InChI=1S/C16H15Cl2N.ClH/c17-14-7-5-10(9-15(14)18)11-6-8-16(19)13-4-2-1-3-12(11)13;/h1-5,7,9,11,16H,6,8,19H2;1H/t11-,16-;/m0./s1/i1+1,2+1,3+1,4+1,12+1,13+1;. The van der Waals surface area contributed by atoms with E-state index >= 15 is 0 Å². The highest BCUT2D eigenvalue weighted by molar-refractivity contribution is 6.42. The first-order valence-corrected chi connectivity index (χ1v) is 7.22. The summed E-state index contributed by atoms with van der Waals surface area (Å²) in [7, 11) is 0. The maximum Gasteiger partial charge on any atom is 0.0595 e. The highest BCUT2D eigenvalue weighted by Crippen LogP contribution is 2.41. The highest BCUT2D eigenvalue weighted by Gasteiger charge is 2.26. The summed E-state index contributed by atoms with van der Waals surface area (Å²) in [5.41, 5.74) is 9.98. The molecular weight excluding hydrogens is 318 g/mol. The third-order valence-electron chi connectivity index (χ3n) is 3.88. The molecule has 1 aliphatic carbocycles. The minimum atomic E-state index is 0. The van der Waals surface area contributed by atoms with Crippen molar-refractivity contribution >= 4 is 35.6 Å². The van der Waals surface area contributed by atoms with Crippen molar-refractivity contribution in [3.05, 3.63) is 69.2 Å². The van der Waals surface area contributed by atoms with Crippen LogP contribution in [0, 0.1) is 0 Å². The van der Waals surface area contributed by atoms with Crippen molar-refractivity contribution in [2.45, 2.75) is 24.8 Å². The highest BCUT2D eigenvalue weighted by atomic mass is 35.5. The van der Waals surface area contributed by atoms with Gasteiger partial charge >= 0.3 is 0 Å². The molecule has 106 valence electrons. The summed E-state index contributed by atoms with van der Waals surface area (Å²) in [5.74, 6) is 0.366. The van der Waals surface area contributed by atoms with Gasteiger partial charge in [0.2, 0.25) is 0 Å². The number of nitrogens with two attached hydrogens (primary N) is 1. The van der Waals surface area contributed by atoms with E-state index in [-0.39, 0.29) is 18.4 Å². The van der Waals surface area contributed by atoms with Gasteiger partial charge in [-0.1, -0.05) is 53.5 Å². The Morgan fingerprint density at radius 3 is 2.30 bits per heavy atom. The number of benzene rings is 2. The Bertz CT molecular complexity index is 612. The van der Waals surface area contributed by atoms with Gasteiger partial charge < -0.3 is 5.73 Å². The Balaban J connectivity index is 0.00000147. The van der Waals surface area contributed by atoms with E-state index in [0.717, 1.165) is 12.8 Å². The SMILES string of the molecule is Cl.N[C@H]1CC[C@@H](c2ccc(Cl)c(Cl)c2)[13c]2[13cH][13cH][13cH][13cH][13c]21. The average molecular weight is 335 g/mol. The summed E-state index contributed by atoms with van der Waals surface area (Å²) >= 11 is 12.1. The fourth-order valence-corrected chi connectivity index (χ4v) is 3.21. The lowest BCUT2D eigenvalue weighted by atomic mass is 9.95. The minimum absolute atomic E-state index is 0. The molecule has 2 atom stereocenters. The summed E-state index contributed by atoms with van der Waals surface area (Å²) in [5, 5.41) is 1.22. The van der Waals surface area contributed by atoms with Crippen molar-refractivity contribution in [2.75, 3.05) is 0 Å². The molecule has 0 radical (unpaired) electrons. The second-order valence-corrected chi connectivity index (χ2v) is 5.85. The number of fused-ring (bicyclic) bond motifs is 1. The number of hydrogen-bond donors (Lipinski definition) is 1. The molecule has 0 saturated heterocycles. The van der Waals surface area contributed by atoms with Gasteiger partial charge in [0.15, 0.2) is 0 Å². The van der Waals surface area contributed by atoms with Crippen LogP contribution in [0.4, 0.5) is 0 Å². The molecule has 0 bridgehead atoms. The van der Waals surface area contributed by atoms with Gasteiger partial charge in [0, 0.05) is 12.0 Å². The van der Waals surface area contributed by atoms with Crippen LogP contribution >= 0.6 is 35.6 Å². The van der Waals surface area contributed by atoms with Crippen LogP contribution in [0.2, 0.25) is 10.0 Å². The molecule has 0 aliphatic heterocycles. The maximum absolute atomic E-state index is 6.19. The zero-order valence-corrected chi connectivity index (χ0v) is 13.2.